The number of nitrogens with two attached hydrogens (primary N) is 1. The van der Waals surface area contributed by atoms with Gasteiger partial charge < -0.3 is 10.6 Å². The average Bonchev–Trinajstić information content (AvgIpc) is 2.87. The number of aliphatic imine (C=N–C) groups is 1. The summed E-state index contributed by atoms with van der Waals surface area (Å²) in [5.74, 6) is 0.791. The zero-order valence-electron chi connectivity index (χ0n) is 10.9. The van der Waals surface area contributed by atoms with Gasteiger partial charge in [0.05, 0.1) is 12.1 Å². The number of piperidine rings is 1. The molecule has 2 saturated heterocycles. The lowest BCUT2D eigenvalue weighted by Gasteiger charge is -2.44. The first-order chi connectivity index (χ1) is 8.28. The van der Waals surface area contributed by atoms with Gasteiger partial charge in [-0.2, -0.15) is 0 Å². The fourth-order valence-corrected chi connectivity index (χ4v) is 4.05. The molecule has 0 aromatic heterocycles. The van der Waals surface area contributed by atoms with Crippen molar-refractivity contribution in [2.45, 2.75) is 50.6 Å². The van der Waals surface area contributed by atoms with Crippen LogP contribution in [0.3, 0.4) is 0 Å². The van der Waals surface area contributed by atoms with Crippen LogP contribution in [0.15, 0.2) is 4.99 Å². The highest BCUT2D eigenvalue weighted by atomic mass is 15.4. The van der Waals surface area contributed by atoms with Gasteiger partial charge in [-0.3, -0.25) is 9.89 Å². The van der Waals surface area contributed by atoms with Crippen molar-refractivity contribution >= 4 is 5.96 Å². The molecule has 2 atom stereocenters. The SMILES string of the molecule is CCCN1C(N)=NCC12CCN1CCCCC12. The summed E-state index contributed by atoms with van der Waals surface area (Å²) in [6.07, 6.45) is 6.50. The molecule has 0 saturated carbocycles. The molecule has 0 amide bonds. The van der Waals surface area contributed by atoms with Crippen LogP contribution < -0.4 is 5.73 Å². The molecule has 3 heterocycles. The maximum atomic E-state index is 6.10. The molecule has 0 aromatic rings. The summed E-state index contributed by atoms with van der Waals surface area (Å²) >= 11 is 0. The summed E-state index contributed by atoms with van der Waals surface area (Å²) in [5, 5.41) is 0. The predicted molar refractivity (Wildman–Crippen MR) is 70.0 cm³/mol. The van der Waals surface area contributed by atoms with E-state index in [1.165, 1.54) is 38.8 Å². The maximum absolute atomic E-state index is 6.10. The van der Waals surface area contributed by atoms with E-state index >= 15 is 0 Å². The molecule has 17 heavy (non-hydrogen) atoms. The molecule has 2 unspecified atom stereocenters. The minimum atomic E-state index is 0.251. The van der Waals surface area contributed by atoms with Gasteiger partial charge in [0.1, 0.15) is 0 Å². The van der Waals surface area contributed by atoms with Gasteiger partial charge in [-0.25, -0.2) is 0 Å². The molecule has 2 N–H and O–H groups in total. The van der Waals surface area contributed by atoms with E-state index in [1.54, 1.807) is 0 Å². The molecule has 0 bridgehead atoms. The quantitative estimate of drug-likeness (QED) is 0.778. The highest BCUT2D eigenvalue weighted by molar-refractivity contribution is 5.81. The molecule has 2 fully saturated rings. The predicted octanol–water partition coefficient (Wildman–Crippen LogP) is 1.02. The standard InChI is InChI=1S/C13H24N4/c1-2-7-17-12(14)15-10-13(17)6-9-16-8-4-3-5-11(13)16/h11H,2-10H2,1H3,(H2,14,15). The fourth-order valence-electron chi connectivity index (χ4n) is 4.05. The van der Waals surface area contributed by atoms with E-state index in [-0.39, 0.29) is 5.54 Å². The van der Waals surface area contributed by atoms with Crippen LogP contribution in [0.4, 0.5) is 0 Å². The van der Waals surface area contributed by atoms with Gasteiger partial charge in [0.15, 0.2) is 5.96 Å². The van der Waals surface area contributed by atoms with E-state index in [0.717, 1.165) is 25.5 Å². The van der Waals surface area contributed by atoms with Gasteiger partial charge in [-0.15, -0.1) is 0 Å². The molecule has 0 aromatic carbocycles. The van der Waals surface area contributed by atoms with Gasteiger partial charge >= 0.3 is 0 Å². The molecule has 4 nitrogen and oxygen atoms in total. The summed E-state index contributed by atoms with van der Waals surface area (Å²) in [6.45, 7) is 6.76. The summed E-state index contributed by atoms with van der Waals surface area (Å²) in [4.78, 5) is 9.66. The zero-order chi connectivity index (χ0) is 11.9. The van der Waals surface area contributed by atoms with Crippen molar-refractivity contribution in [3.05, 3.63) is 0 Å². The molecular formula is C13H24N4. The van der Waals surface area contributed by atoms with Crippen LogP contribution in [0.2, 0.25) is 0 Å². The van der Waals surface area contributed by atoms with E-state index in [2.05, 4.69) is 21.7 Å². The Kier molecular flexibility index (Phi) is 2.77. The molecule has 3 rings (SSSR count). The van der Waals surface area contributed by atoms with E-state index < -0.39 is 0 Å². The Bertz CT molecular complexity index is 327. The van der Waals surface area contributed by atoms with Crippen molar-refractivity contribution in [3.8, 4) is 0 Å². The lowest BCUT2D eigenvalue weighted by molar-refractivity contribution is 0.0951. The van der Waals surface area contributed by atoms with Gasteiger partial charge in [0.25, 0.3) is 0 Å². The highest BCUT2D eigenvalue weighted by Crippen LogP contribution is 2.41. The van der Waals surface area contributed by atoms with Crippen molar-refractivity contribution in [1.29, 1.82) is 0 Å². The first-order valence-electron chi connectivity index (χ1n) is 7.09. The van der Waals surface area contributed by atoms with Crippen LogP contribution in [0.25, 0.3) is 0 Å². The van der Waals surface area contributed by atoms with Crippen LogP contribution >= 0.6 is 0 Å². The fraction of sp³-hybridized carbons (Fsp3) is 0.923. The number of rotatable bonds is 2. The smallest absolute Gasteiger partial charge is 0.191 e. The second kappa shape index (κ2) is 4.16. The highest BCUT2D eigenvalue weighted by Gasteiger charge is 2.54. The first-order valence-corrected chi connectivity index (χ1v) is 7.09. The van der Waals surface area contributed by atoms with Crippen molar-refractivity contribution in [3.63, 3.8) is 0 Å². The van der Waals surface area contributed by atoms with Gasteiger partial charge in [0, 0.05) is 19.1 Å². The van der Waals surface area contributed by atoms with Crippen LogP contribution in [0, 0.1) is 0 Å². The van der Waals surface area contributed by atoms with Crippen LogP contribution in [-0.2, 0) is 0 Å². The molecule has 0 aliphatic carbocycles. The molecule has 0 radical (unpaired) electrons. The number of nitrogens with zero attached hydrogens (tertiary/aromatic N) is 3. The second-order valence-corrected chi connectivity index (χ2v) is 5.73. The summed E-state index contributed by atoms with van der Waals surface area (Å²) in [7, 11) is 0. The van der Waals surface area contributed by atoms with Crippen LogP contribution in [0.1, 0.15) is 39.0 Å². The largest absolute Gasteiger partial charge is 0.370 e. The topological polar surface area (TPSA) is 44.9 Å². The minimum absolute atomic E-state index is 0.251. The van der Waals surface area contributed by atoms with Crippen molar-refractivity contribution in [2.75, 3.05) is 26.2 Å². The Labute approximate surface area is 104 Å². The Balaban J connectivity index is 1.85. The Morgan fingerprint density at radius 3 is 3.12 bits per heavy atom. The maximum Gasteiger partial charge on any atom is 0.191 e. The molecule has 3 aliphatic rings. The van der Waals surface area contributed by atoms with Gasteiger partial charge in [-0.05, 0) is 32.2 Å². The molecule has 4 heteroatoms. The Morgan fingerprint density at radius 1 is 1.41 bits per heavy atom. The third kappa shape index (κ3) is 1.57. The van der Waals surface area contributed by atoms with Crippen molar-refractivity contribution in [1.82, 2.24) is 9.80 Å². The Hall–Kier alpha value is -0.770. The Morgan fingerprint density at radius 2 is 2.29 bits per heavy atom. The first kappa shape index (κ1) is 11.3. The van der Waals surface area contributed by atoms with Crippen LogP contribution in [0.5, 0.6) is 0 Å². The molecule has 96 valence electrons. The lowest BCUT2D eigenvalue weighted by Crippen LogP contribution is -2.59. The zero-order valence-corrected chi connectivity index (χ0v) is 10.9. The molecule has 3 aliphatic heterocycles. The number of hydrogen-bond acceptors (Lipinski definition) is 4. The number of hydrogen-bond donors (Lipinski definition) is 1. The second-order valence-electron chi connectivity index (χ2n) is 5.73. The minimum Gasteiger partial charge on any atom is -0.370 e. The summed E-state index contributed by atoms with van der Waals surface area (Å²) < 4.78 is 0. The third-order valence-corrected chi connectivity index (χ3v) is 4.84. The van der Waals surface area contributed by atoms with Crippen molar-refractivity contribution < 1.29 is 0 Å². The van der Waals surface area contributed by atoms with E-state index in [0.29, 0.717) is 6.04 Å². The third-order valence-electron chi connectivity index (χ3n) is 4.84. The molecule has 1 spiro atoms. The van der Waals surface area contributed by atoms with Crippen LogP contribution in [-0.4, -0.2) is 53.5 Å². The molecular weight excluding hydrogens is 212 g/mol. The normalized spacial score (nSPS) is 37.6. The summed E-state index contributed by atoms with van der Waals surface area (Å²) in [6, 6.07) is 0.701. The number of guanidine groups is 1. The monoisotopic (exact) mass is 236 g/mol. The lowest BCUT2D eigenvalue weighted by atomic mass is 9.84. The van der Waals surface area contributed by atoms with E-state index in [1.807, 2.05) is 0 Å². The van der Waals surface area contributed by atoms with Gasteiger partial charge in [-0.1, -0.05) is 13.3 Å². The van der Waals surface area contributed by atoms with E-state index in [9.17, 15) is 0 Å². The van der Waals surface area contributed by atoms with Gasteiger partial charge in [0.2, 0.25) is 0 Å². The summed E-state index contributed by atoms with van der Waals surface area (Å²) in [5.41, 5.74) is 6.35. The number of fused-ring (bicyclic) bond motifs is 2. The van der Waals surface area contributed by atoms with Crippen molar-refractivity contribution in [2.24, 2.45) is 10.7 Å². The average molecular weight is 236 g/mol. The van der Waals surface area contributed by atoms with E-state index in [4.69, 9.17) is 5.73 Å².